The van der Waals surface area contributed by atoms with Crippen LogP contribution in [0.25, 0.3) is 0 Å². The van der Waals surface area contributed by atoms with Crippen molar-refractivity contribution >= 4 is 43.2 Å². The van der Waals surface area contributed by atoms with Gasteiger partial charge in [0.15, 0.2) is 0 Å². The summed E-state index contributed by atoms with van der Waals surface area (Å²) < 4.78 is 2.48. The molecule has 0 spiro atoms. The lowest BCUT2D eigenvalue weighted by atomic mass is 9.76. The molecule has 4 heteroatoms. The summed E-state index contributed by atoms with van der Waals surface area (Å²) in [7, 11) is 0. The summed E-state index contributed by atoms with van der Waals surface area (Å²) >= 11 is 9.03. The minimum atomic E-state index is 0.658. The SMILES string of the molecule is Brc1ccccc1C1CC(NCc2sccc2Br)C1. The van der Waals surface area contributed by atoms with E-state index in [-0.39, 0.29) is 0 Å². The molecule has 1 aliphatic carbocycles. The Bertz CT molecular complexity index is 561. The molecule has 1 aromatic carbocycles. The fraction of sp³-hybridized carbons (Fsp3) is 0.333. The highest BCUT2D eigenvalue weighted by molar-refractivity contribution is 9.10. The van der Waals surface area contributed by atoms with E-state index < -0.39 is 0 Å². The zero-order valence-electron chi connectivity index (χ0n) is 10.4. The monoisotopic (exact) mass is 399 g/mol. The molecule has 1 saturated carbocycles. The molecule has 0 unspecified atom stereocenters. The van der Waals surface area contributed by atoms with Gasteiger partial charge in [0.2, 0.25) is 0 Å². The molecule has 2 aromatic rings. The lowest BCUT2D eigenvalue weighted by Gasteiger charge is -2.37. The van der Waals surface area contributed by atoms with Gasteiger partial charge in [-0.15, -0.1) is 11.3 Å². The highest BCUT2D eigenvalue weighted by atomic mass is 79.9. The van der Waals surface area contributed by atoms with E-state index in [2.05, 4.69) is 72.9 Å². The Morgan fingerprint density at radius 3 is 2.58 bits per heavy atom. The Labute approximate surface area is 134 Å². The van der Waals surface area contributed by atoms with Crippen molar-refractivity contribution in [2.24, 2.45) is 0 Å². The third-order valence-corrected chi connectivity index (χ3v) is 6.37. The van der Waals surface area contributed by atoms with Crippen molar-refractivity contribution < 1.29 is 0 Å². The van der Waals surface area contributed by atoms with Crippen LogP contribution < -0.4 is 5.32 Å². The van der Waals surface area contributed by atoms with Gasteiger partial charge >= 0.3 is 0 Å². The van der Waals surface area contributed by atoms with Crippen molar-refractivity contribution in [2.75, 3.05) is 0 Å². The summed E-state index contributed by atoms with van der Waals surface area (Å²) in [4.78, 5) is 1.39. The lowest BCUT2D eigenvalue weighted by Crippen LogP contribution is -2.39. The second kappa shape index (κ2) is 6.08. The first-order chi connectivity index (χ1) is 9.24. The normalized spacial score (nSPS) is 22.2. The predicted octanol–water partition coefficient (Wildman–Crippen LogP) is 5.31. The van der Waals surface area contributed by atoms with E-state index in [1.807, 2.05) is 11.3 Å². The Morgan fingerprint density at radius 1 is 1.11 bits per heavy atom. The number of hydrogen-bond donors (Lipinski definition) is 1. The largest absolute Gasteiger partial charge is 0.309 e. The Balaban J connectivity index is 1.51. The van der Waals surface area contributed by atoms with Gasteiger partial charge in [0, 0.05) is 26.4 Å². The zero-order valence-corrected chi connectivity index (χ0v) is 14.4. The molecule has 19 heavy (non-hydrogen) atoms. The van der Waals surface area contributed by atoms with Crippen LogP contribution in [0.15, 0.2) is 44.7 Å². The number of rotatable bonds is 4. The lowest BCUT2D eigenvalue weighted by molar-refractivity contribution is 0.289. The third kappa shape index (κ3) is 3.13. The van der Waals surface area contributed by atoms with Crippen LogP contribution >= 0.6 is 43.2 Å². The van der Waals surface area contributed by atoms with E-state index >= 15 is 0 Å². The summed E-state index contributed by atoms with van der Waals surface area (Å²) in [6.45, 7) is 0.978. The fourth-order valence-electron chi connectivity index (χ4n) is 2.53. The standard InChI is InChI=1S/C15H15Br2NS/c16-13-4-2-1-3-12(13)10-7-11(8-10)18-9-15-14(17)5-6-19-15/h1-6,10-11,18H,7-9H2. The molecule has 0 saturated heterocycles. The molecule has 0 atom stereocenters. The van der Waals surface area contributed by atoms with E-state index in [9.17, 15) is 0 Å². The number of thiophene rings is 1. The highest BCUT2D eigenvalue weighted by Crippen LogP contribution is 2.40. The molecule has 1 N–H and O–H groups in total. The quantitative estimate of drug-likeness (QED) is 0.733. The first kappa shape index (κ1) is 13.8. The molecular weight excluding hydrogens is 386 g/mol. The van der Waals surface area contributed by atoms with Crippen LogP contribution in [0.1, 0.15) is 29.2 Å². The van der Waals surface area contributed by atoms with Crippen molar-refractivity contribution in [1.82, 2.24) is 5.32 Å². The Morgan fingerprint density at radius 2 is 1.89 bits per heavy atom. The van der Waals surface area contributed by atoms with E-state index in [4.69, 9.17) is 0 Å². The van der Waals surface area contributed by atoms with Gasteiger partial charge in [-0.3, -0.25) is 0 Å². The molecule has 100 valence electrons. The maximum atomic E-state index is 3.65. The molecule has 0 amide bonds. The molecule has 0 bridgehead atoms. The zero-order chi connectivity index (χ0) is 13.2. The van der Waals surface area contributed by atoms with Gasteiger partial charge in [0.05, 0.1) is 0 Å². The molecular formula is C15H15Br2NS. The number of benzene rings is 1. The van der Waals surface area contributed by atoms with Crippen molar-refractivity contribution in [3.05, 3.63) is 55.1 Å². The van der Waals surface area contributed by atoms with E-state index in [0.29, 0.717) is 12.0 Å². The van der Waals surface area contributed by atoms with E-state index in [1.54, 1.807) is 0 Å². The summed E-state index contributed by atoms with van der Waals surface area (Å²) in [6, 6.07) is 11.4. The summed E-state index contributed by atoms with van der Waals surface area (Å²) in [6.07, 6.45) is 2.48. The van der Waals surface area contributed by atoms with E-state index in [1.165, 1.54) is 32.2 Å². The maximum absolute atomic E-state index is 3.65. The van der Waals surface area contributed by atoms with E-state index in [0.717, 1.165) is 6.54 Å². The van der Waals surface area contributed by atoms with Gasteiger partial charge in [-0.05, 0) is 57.8 Å². The van der Waals surface area contributed by atoms with Gasteiger partial charge in [-0.1, -0.05) is 34.1 Å². The smallest absolute Gasteiger partial charge is 0.0327 e. The summed E-state index contributed by atoms with van der Waals surface area (Å²) in [5.41, 5.74) is 1.46. The molecule has 1 aliphatic rings. The predicted molar refractivity (Wildman–Crippen MR) is 88.8 cm³/mol. The van der Waals surface area contributed by atoms with Crippen LogP contribution in [0, 0.1) is 0 Å². The molecule has 1 nitrogen and oxygen atoms in total. The van der Waals surface area contributed by atoms with Crippen LogP contribution in [-0.2, 0) is 6.54 Å². The first-order valence-corrected chi connectivity index (χ1v) is 8.90. The van der Waals surface area contributed by atoms with Crippen LogP contribution in [0.3, 0.4) is 0 Å². The molecule has 1 aromatic heterocycles. The van der Waals surface area contributed by atoms with Crippen LogP contribution in [0.5, 0.6) is 0 Å². The Hall–Kier alpha value is -0.160. The minimum Gasteiger partial charge on any atom is -0.309 e. The topological polar surface area (TPSA) is 12.0 Å². The van der Waals surface area contributed by atoms with Crippen molar-refractivity contribution in [2.45, 2.75) is 31.3 Å². The van der Waals surface area contributed by atoms with Gasteiger partial charge in [-0.25, -0.2) is 0 Å². The summed E-state index contributed by atoms with van der Waals surface area (Å²) in [5, 5.41) is 5.78. The van der Waals surface area contributed by atoms with Crippen molar-refractivity contribution in [3.63, 3.8) is 0 Å². The van der Waals surface area contributed by atoms with Crippen LogP contribution in [0.4, 0.5) is 0 Å². The number of nitrogens with one attached hydrogen (secondary N) is 1. The number of halogens is 2. The molecule has 0 aliphatic heterocycles. The second-order valence-corrected chi connectivity index (χ2v) is 7.67. The average molecular weight is 401 g/mol. The van der Waals surface area contributed by atoms with Crippen LogP contribution in [-0.4, -0.2) is 6.04 Å². The minimum absolute atomic E-state index is 0.658. The Kier molecular flexibility index (Phi) is 4.42. The van der Waals surface area contributed by atoms with Gasteiger partial charge in [0.25, 0.3) is 0 Å². The van der Waals surface area contributed by atoms with Crippen molar-refractivity contribution in [1.29, 1.82) is 0 Å². The van der Waals surface area contributed by atoms with Crippen LogP contribution in [0.2, 0.25) is 0 Å². The highest BCUT2D eigenvalue weighted by Gasteiger charge is 2.30. The molecule has 1 fully saturated rings. The average Bonchev–Trinajstić information content (AvgIpc) is 2.75. The van der Waals surface area contributed by atoms with Gasteiger partial charge in [-0.2, -0.15) is 0 Å². The first-order valence-electron chi connectivity index (χ1n) is 6.43. The molecule has 0 radical (unpaired) electrons. The van der Waals surface area contributed by atoms with Gasteiger partial charge < -0.3 is 5.32 Å². The van der Waals surface area contributed by atoms with Crippen molar-refractivity contribution in [3.8, 4) is 0 Å². The molecule has 3 rings (SSSR count). The fourth-order valence-corrected chi connectivity index (χ4v) is 4.58. The summed E-state index contributed by atoms with van der Waals surface area (Å²) in [5.74, 6) is 0.708. The second-order valence-electron chi connectivity index (χ2n) is 4.96. The maximum Gasteiger partial charge on any atom is 0.0327 e. The third-order valence-electron chi connectivity index (χ3n) is 3.73. The molecule has 1 heterocycles. The number of hydrogen-bond acceptors (Lipinski definition) is 2. The van der Waals surface area contributed by atoms with Gasteiger partial charge in [0.1, 0.15) is 0 Å².